The zero-order valence-electron chi connectivity index (χ0n) is 15.2. The van der Waals surface area contributed by atoms with Gasteiger partial charge in [0.25, 0.3) is 0 Å². The van der Waals surface area contributed by atoms with Gasteiger partial charge in [0.1, 0.15) is 12.4 Å². The summed E-state index contributed by atoms with van der Waals surface area (Å²) in [5, 5.41) is 16.8. The summed E-state index contributed by atoms with van der Waals surface area (Å²) in [5.41, 5.74) is -0.118. The van der Waals surface area contributed by atoms with E-state index in [9.17, 15) is 5.11 Å². The highest BCUT2D eigenvalue weighted by Gasteiger charge is 2.35. The molecule has 0 saturated heterocycles. The molecular weight excluding hydrogens is 431 g/mol. The largest absolute Gasteiger partial charge is 0.490 e. The smallest absolute Gasteiger partial charge is 0.191 e. The molecule has 1 heterocycles. The van der Waals surface area contributed by atoms with Crippen LogP contribution < -0.4 is 15.4 Å². The summed E-state index contributed by atoms with van der Waals surface area (Å²) in [7, 11) is 0. The second kappa shape index (κ2) is 11.5. The van der Waals surface area contributed by atoms with Crippen molar-refractivity contribution < 1.29 is 9.84 Å². The van der Waals surface area contributed by atoms with Crippen LogP contribution in [0.1, 0.15) is 39.5 Å². The lowest BCUT2D eigenvalue weighted by Gasteiger charge is -2.37. The summed E-state index contributed by atoms with van der Waals surface area (Å²) in [4.78, 5) is 8.69. The predicted octanol–water partition coefficient (Wildman–Crippen LogP) is 2.57. The molecule has 2 rings (SSSR count). The van der Waals surface area contributed by atoms with Gasteiger partial charge in [-0.05, 0) is 31.9 Å². The lowest BCUT2D eigenvalue weighted by atomic mass is 9.73. The molecule has 0 aromatic carbocycles. The molecule has 6 nitrogen and oxygen atoms in total. The molecule has 1 fully saturated rings. The molecule has 0 spiro atoms. The van der Waals surface area contributed by atoms with Crippen molar-refractivity contribution >= 4 is 29.9 Å². The fourth-order valence-electron chi connectivity index (χ4n) is 2.94. The number of aromatic nitrogens is 1. The summed E-state index contributed by atoms with van der Waals surface area (Å²) in [6.07, 6.45) is 7.37. The number of aliphatic hydroxyl groups is 1. The van der Waals surface area contributed by atoms with E-state index in [1.807, 2.05) is 19.1 Å². The third-order valence-electron chi connectivity index (χ3n) is 4.52. The van der Waals surface area contributed by atoms with E-state index in [4.69, 9.17) is 4.74 Å². The molecule has 1 aromatic rings. The third-order valence-corrected chi connectivity index (χ3v) is 4.52. The van der Waals surface area contributed by atoms with E-state index in [2.05, 4.69) is 27.5 Å². The number of rotatable bonds is 7. The normalized spacial score (nSPS) is 23.5. The number of aliphatic imine (C=N–C) groups is 1. The summed E-state index contributed by atoms with van der Waals surface area (Å²) >= 11 is 0. The molecule has 1 aromatic heterocycles. The molecule has 2 atom stereocenters. The highest BCUT2D eigenvalue weighted by molar-refractivity contribution is 14.0. The van der Waals surface area contributed by atoms with Crippen LogP contribution in [0.2, 0.25) is 0 Å². The Morgan fingerprint density at radius 3 is 2.96 bits per heavy atom. The SMILES string of the molecule is CCNC(=NCC1(C)CCCCC1O)NCCOc1cccnc1.I. The molecule has 7 heteroatoms. The highest BCUT2D eigenvalue weighted by Crippen LogP contribution is 2.36. The minimum atomic E-state index is -0.258. The molecule has 25 heavy (non-hydrogen) atoms. The van der Waals surface area contributed by atoms with Gasteiger partial charge in [-0.3, -0.25) is 9.98 Å². The quantitative estimate of drug-likeness (QED) is 0.251. The topological polar surface area (TPSA) is 78.8 Å². The van der Waals surface area contributed by atoms with Gasteiger partial charge in [-0.25, -0.2) is 0 Å². The van der Waals surface area contributed by atoms with Crippen LogP contribution in [0.3, 0.4) is 0 Å². The van der Waals surface area contributed by atoms with Crippen LogP contribution >= 0.6 is 24.0 Å². The monoisotopic (exact) mass is 462 g/mol. The molecule has 2 unspecified atom stereocenters. The Hall–Kier alpha value is -1.09. The maximum atomic E-state index is 10.3. The van der Waals surface area contributed by atoms with Gasteiger partial charge in [0.15, 0.2) is 5.96 Å². The predicted molar refractivity (Wildman–Crippen MR) is 112 cm³/mol. The van der Waals surface area contributed by atoms with Crippen molar-refractivity contribution in [2.75, 3.05) is 26.2 Å². The van der Waals surface area contributed by atoms with E-state index < -0.39 is 0 Å². The van der Waals surface area contributed by atoms with Gasteiger partial charge in [-0.1, -0.05) is 19.8 Å². The maximum Gasteiger partial charge on any atom is 0.191 e. The van der Waals surface area contributed by atoms with E-state index in [-0.39, 0.29) is 35.5 Å². The van der Waals surface area contributed by atoms with Gasteiger partial charge in [-0.15, -0.1) is 24.0 Å². The lowest BCUT2D eigenvalue weighted by Crippen LogP contribution is -2.42. The second-order valence-corrected chi connectivity index (χ2v) is 6.57. The van der Waals surface area contributed by atoms with Crippen molar-refractivity contribution in [2.24, 2.45) is 10.4 Å². The van der Waals surface area contributed by atoms with Crippen LogP contribution in [0.15, 0.2) is 29.5 Å². The number of pyridine rings is 1. The maximum absolute atomic E-state index is 10.3. The van der Waals surface area contributed by atoms with Gasteiger partial charge in [-0.2, -0.15) is 0 Å². The van der Waals surface area contributed by atoms with E-state index in [0.717, 1.165) is 37.5 Å². The summed E-state index contributed by atoms with van der Waals surface area (Å²) < 4.78 is 5.62. The van der Waals surface area contributed by atoms with Crippen molar-refractivity contribution in [3.63, 3.8) is 0 Å². The molecule has 0 amide bonds. The Labute approximate surface area is 167 Å². The number of ether oxygens (including phenoxy) is 1. The first kappa shape index (κ1) is 22.0. The number of aliphatic hydroxyl groups excluding tert-OH is 1. The van der Waals surface area contributed by atoms with E-state index in [1.165, 1.54) is 6.42 Å². The van der Waals surface area contributed by atoms with Gasteiger partial charge in [0, 0.05) is 18.2 Å². The molecule has 0 radical (unpaired) electrons. The van der Waals surface area contributed by atoms with Crippen molar-refractivity contribution in [3.05, 3.63) is 24.5 Å². The number of hydrogen-bond donors (Lipinski definition) is 3. The number of guanidine groups is 1. The standard InChI is InChI=1S/C18H30N4O2.HI/c1-3-20-17(21-11-12-24-15-7-6-10-19-13-15)22-14-18(2)9-5-4-8-16(18)23;/h6-7,10,13,16,23H,3-5,8-9,11-12,14H2,1-2H3,(H2,20,21,22);1H. The van der Waals surface area contributed by atoms with Crippen LogP contribution in [0, 0.1) is 5.41 Å². The van der Waals surface area contributed by atoms with Gasteiger partial charge in [0.05, 0.1) is 25.4 Å². The summed E-state index contributed by atoms with van der Waals surface area (Å²) in [6, 6.07) is 3.74. The van der Waals surface area contributed by atoms with Crippen LogP contribution in [0.5, 0.6) is 5.75 Å². The average molecular weight is 462 g/mol. The van der Waals surface area contributed by atoms with Crippen LogP contribution in [0.25, 0.3) is 0 Å². The van der Waals surface area contributed by atoms with Crippen molar-refractivity contribution in [1.82, 2.24) is 15.6 Å². The molecular formula is C18H31IN4O2. The van der Waals surface area contributed by atoms with E-state index >= 15 is 0 Å². The fraction of sp³-hybridized carbons (Fsp3) is 0.667. The number of hydrogen-bond acceptors (Lipinski definition) is 4. The molecule has 1 saturated carbocycles. The number of nitrogens with zero attached hydrogens (tertiary/aromatic N) is 2. The first-order valence-electron chi connectivity index (χ1n) is 8.87. The van der Waals surface area contributed by atoms with Gasteiger partial charge in [0.2, 0.25) is 0 Å². The molecule has 1 aliphatic carbocycles. The van der Waals surface area contributed by atoms with E-state index in [1.54, 1.807) is 12.4 Å². The first-order valence-corrected chi connectivity index (χ1v) is 8.87. The fourth-order valence-corrected chi connectivity index (χ4v) is 2.94. The van der Waals surface area contributed by atoms with Crippen LogP contribution in [-0.4, -0.2) is 48.4 Å². The lowest BCUT2D eigenvalue weighted by molar-refractivity contribution is 0.00716. The van der Waals surface area contributed by atoms with Gasteiger partial charge < -0.3 is 20.5 Å². The number of halogens is 1. The molecule has 0 bridgehead atoms. The molecule has 3 N–H and O–H groups in total. The Morgan fingerprint density at radius 1 is 1.44 bits per heavy atom. The van der Waals surface area contributed by atoms with E-state index in [0.29, 0.717) is 19.7 Å². The molecule has 0 aliphatic heterocycles. The third kappa shape index (κ3) is 7.35. The van der Waals surface area contributed by atoms with Crippen LogP contribution in [-0.2, 0) is 0 Å². The highest BCUT2D eigenvalue weighted by atomic mass is 127. The van der Waals surface area contributed by atoms with Crippen molar-refractivity contribution in [3.8, 4) is 5.75 Å². The Kier molecular flexibility index (Phi) is 10.1. The minimum absolute atomic E-state index is 0. The summed E-state index contributed by atoms with van der Waals surface area (Å²) in [5.74, 6) is 1.53. The molecule has 1 aliphatic rings. The summed E-state index contributed by atoms with van der Waals surface area (Å²) in [6.45, 7) is 6.80. The Balaban J connectivity index is 0.00000312. The Morgan fingerprint density at radius 2 is 2.28 bits per heavy atom. The molecule has 142 valence electrons. The zero-order chi connectivity index (χ0) is 17.3. The minimum Gasteiger partial charge on any atom is -0.490 e. The second-order valence-electron chi connectivity index (χ2n) is 6.57. The van der Waals surface area contributed by atoms with Crippen molar-refractivity contribution in [1.29, 1.82) is 0 Å². The average Bonchev–Trinajstić information content (AvgIpc) is 2.60. The first-order chi connectivity index (χ1) is 11.6. The Bertz CT molecular complexity index is 515. The van der Waals surface area contributed by atoms with Crippen LogP contribution in [0.4, 0.5) is 0 Å². The van der Waals surface area contributed by atoms with Gasteiger partial charge >= 0.3 is 0 Å². The van der Waals surface area contributed by atoms with Crippen molar-refractivity contribution in [2.45, 2.75) is 45.6 Å². The number of nitrogens with one attached hydrogen (secondary N) is 2. The zero-order valence-corrected chi connectivity index (χ0v) is 17.5.